The van der Waals surface area contributed by atoms with Gasteiger partial charge in [0.2, 0.25) is 0 Å². The second-order valence-corrected chi connectivity index (χ2v) is 7.88. The van der Waals surface area contributed by atoms with Gasteiger partial charge in [0.25, 0.3) is 5.91 Å². The van der Waals surface area contributed by atoms with Crippen LogP contribution in [0.5, 0.6) is 0 Å². The summed E-state index contributed by atoms with van der Waals surface area (Å²) in [7, 11) is 1.95. The number of amides is 1. The summed E-state index contributed by atoms with van der Waals surface area (Å²) in [5, 5.41) is 4.20. The van der Waals surface area contributed by atoms with Crippen LogP contribution in [0.2, 0.25) is 0 Å². The summed E-state index contributed by atoms with van der Waals surface area (Å²) in [6.07, 6.45) is 3.67. The molecule has 4 rings (SSSR count). The number of para-hydroxylation sites is 1. The zero-order chi connectivity index (χ0) is 19.3. The fourth-order valence-electron chi connectivity index (χ4n) is 4.29. The molecule has 1 fully saturated rings. The Kier molecular flexibility index (Phi) is 5.77. The minimum atomic E-state index is 0.0117. The number of benzene rings is 2. The van der Waals surface area contributed by atoms with Crippen LogP contribution in [0.15, 0.2) is 60.7 Å². The van der Waals surface area contributed by atoms with Crippen molar-refractivity contribution in [1.29, 1.82) is 0 Å². The molecule has 2 aromatic carbocycles. The number of hydrogen-bond donors (Lipinski definition) is 1. The van der Waals surface area contributed by atoms with Gasteiger partial charge >= 0.3 is 0 Å². The van der Waals surface area contributed by atoms with Crippen LogP contribution < -0.4 is 5.32 Å². The number of carbonyl (C=O) groups is 1. The van der Waals surface area contributed by atoms with Crippen molar-refractivity contribution in [2.75, 3.05) is 26.2 Å². The summed E-state index contributed by atoms with van der Waals surface area (Å²) >= 11 is 0. The normalized spacial score (nSPS) is 15.8. The molecule has 0 radical (unpaired) electrons. The third-order valence-corrected chi connectivity index (χ3v) is 5.97. The van der Waals surface area contributed by atoms with Crippen molar-refractivity contribution in [1.82, 2.24) is 14.8 Å². The van der Waals surface area contributed by atoms with E-state index in [9.17, 15) is 4.79 Å². The molecule has 4 nitrogen and oxygen atoms in total. The highest BCUT2D eigenvalue weighted by molar-refractivity contribution is 5.98. The molecule has 0 aliphatic carbocycles. The maximum atomic E-state index is 12.6. The fraction of sp³-hybridized carbons (Fsp3) is 0.375. The highest BCUT2D eigenvalue weighted by Gasteiger charge is 2.19. The van der Waals surface area contributed by atoms with E-state index in [0.717, 1.165) is 42.1 Å². The number of likely N-dealkylation sites (tertiary alicyclic amines) is 1. The van der Waals surface area contributed by atoms with Gasteiger partial charge in [-0.1, -0.05) is 48.5 Å². The van der Waals surface area contributed by atoms with Crippen LogP contribution in [0.1, 0.15) is 28.9 Å². The lowest BCUT2D eigenvalue weighted by Crippen LogP contribution is -2.40. The largest absolute Gasteiger partial charge is 0.349 e. The zero-order valence-electron chi connectivity index (χ0n) is 16.6. The third-order valence-electron chi connectivity index (χ3n) is 5.97. The van der Waals surface area contributed by atoms with Gasteiger partial charge in [0, 0.05) is 31.0 Å². The Morgan fingerprint density at radius 2 is 1.75 bits per heavy atom. The first-order valence-electron chi connectivity index (χ1n) is 10.3. The number of aryl methyl sites for hydroxylation is 1. The van der Waals surface area contributed by atoms with E-state index in [-0.39, 0.29) is 5.91 Å². The molecule has 1 aliphatic heterocycles. The number of hydrogen-bond acceptors (Lipinski definition) is 2. The van der Waals surface area contributed by atoms with Gasteiger partial charge < -0.3 is 14.8 Å². The monoisotopic (exact) mass is 375 g/mol. The first-order valence-corrected chi connectivity index (χ1v) is 10.3. The molecule has 146 valence electrons. The van der Waals surface area contributed by atoms with Crippen LogP contribution in [-0.2, 0) is 13.5 Å². The molecule has 0 atom stereocenters. The molecular weight excluding hydrogens is 346 g/mol. The van der Waals surface area contributed by atoms with E-state index in [1.54, 1.807) is 0 Å². The number of carbonyl (C=O) groups excluding carboxylic acids is 1. The Morgan fingerprint density at radius 3 is 2.50 bits per heavy atom. The predicted molar refractivity (Wildman–Crippen MR) is 115 cm³/mol. The molecule has 1 aliphatic rings. The molecule has 1 N–H and O–H groups in total. The Hall–Kier alpha value is -2.59. The Balaban J connectivity index is 1.22. The van der Waals surface area contributed by atoms with E-state index < -0.39 is 0 Å². The van der Waals surface area contributed by atoms with Gasteiger partial charge in [-0.2, -0.15) is 0 Å². The Morgan fingerprint density at radius 1 is 1.04 bits per heavy atom. The molecule has 1 amide bonds. The summed E-state index contributed by atoms with van der Waals surface area (Å²) < 4.78 is 1.97. The van der Waals surface area contributed by atoms with E-state index in [4.69, 9.17) is 0 Å². The van der Waals surface area contributed by atoms with Crippen LogP contribution in [0.25, 0.3) is 10.9 Å². The van der Waals surface area contributed by atoms with Gasteiger partial charge in [0.15, 0.2) is 0 Å². The molecule has 4 heteroatoms. The molecule has 0 bridgehead atoms. The van der Waals surface area contributed by atoms with E-state index in [1.165, 1.54) is 24.8 Å². The van der Waals surface area contributed by atoms with E-state index in [1.807, 2.05) is 41.9 Å². The molecule has 0 saturated carbocycles. The number of piperidine rings is 1. The number of fused-ring (bicyclic) bond motifs is 1. The van der Waals surface area contributed by atoms with Crippen molar-refractivity contribution in [3.63, 3.8) is 0 Å². The predicted octanol–water partition coefficient (Wildman–Crippen LogP) is 3.86. The second-order valence-electron chi connectivity index (χ2n) is 7.88. The standard InChI is InChI=1S/C24H29N3O/c1-26-22-10-6-5-9-21(22)18-23(26)24(28)25-13-16-27-14-11-20(12-15-27)17-19-7-3-2-4-8-19/h2-10,18,20H,11-17H2,1H3,(H,25,28). The molecule has 3 aromatic rings. The third kappa shape index (κ3) is 4.28. The van der Waals surface area contributed by atoms with E-state index >= 15 is 0 Å². The fourth-order valence-corrected chi connectivity index (χ4v) is 4.29. The average Bonchev–Trinajstić information content (AvgIpc) is 3.07. The summed E-state index contributed by atoms with van der Waals surface area (Å²) in [4.78, 5) is 15.1. The van der Waals surface area contributed by atoms with Crippen LogP contribution in [0, 0.1) is 5.92 Å². The molecule has 28 heavy (non-hydrogen) atoms. The second kappa shape index (κ2) is 8.61. The van der Waals surface area contributed by atoms with Gasteiger partial charge in [-0.15, -0.1) is 0 Å². The smallest absolute Gasteiger partial charge is 0.267 e. The van der Waals surface area contributed by atoms with E-state index in [0.29, 0.717) is 6.54 Å². The summed E-state index contributed by atoms with van der Waals surface area (Å²) in [5.74, 6) is 0.793. The number of aromatic nitrogens is 1. The topological polar surface area (TPSA) is 37.3 Å². The Bertz CT molecular complexity index is 923. The van der Waals surface area contributed by atoms with Crippen molar-refractivity contribution in [3.8, 4) is 0 Å². The summed E-state index contributed by atoms with van der Waals surface area (Å²) in [6, 6.07) is 20.9. The number of rotatable bonds is 6. The van der Waals surface area contributed by atoms with Gasteiger partial charge in [0.1, 0.15) is 5.69 Å². The van der Waals surface area contributed by atoms with Crippen molar-refractivity contribution in [2.24, 2.45) is 13.0 Å². The van der Waals surface area contributed by atoms with Crippen LogP contribution in [0.3, 0.4) is 0 Å². The SMILES string of the molecule is Cn1c(C(=O)NCCN2CCC(Cc3ccccc3)CC2)cc2ccccc21. The summed E-state index contributed by atoms with van der Waals surface area (Å²) in [6.45, 7) is 3.88. The minimum Gasteiger partial charge on any atom is -0.349 e. The van der Waals surface area contributed by atoms with Crippen LogP contribution >= 0.6 is 0 Å². The molecule has 1 aromatic heterocycles. The van der Waals surface area contributed by atoms with Gasteiger partial charge in [0.05, 0.1) is 0 Å². The van der Waals surface area contributed by atoms with Crippen molar-refractivity contribution < 1.29 is 4.79 Å². The summed E-state index contributed by atoms with van der Waals surface area (Å²) in [5.41, 5.74) is 3.26. The molecule has 1 saturated heterocycles. The lowest BCUT2D eigenvalue weighted by Gasteiger charge is -2.32. The molecule has 0 unspecified atom stereocenters. The maximum Gasteiger partial charge on any atom is 0.267 e. The van der Waals surface area contributed by atoms with Crippen molar-refractivity contribution >= 4 is 16.8 Å². The van der Waals surface area contributed by atoms with Gasteiger partial charge in [-0.05, 0) is 56.0 Å². The van der Waals surface area contributed by atoms with E-state index in [2.05, 4.69) is 40.5 Å². The van der Waals surface area contributed by atoms with Crippen LogP contribution in [0.4, 0.5) is 0 Å². The van der Waals surface area contributed by atoms with Crippen molar-refractivity contribution in [2.45, 2.75) is 19.3 Å². The molecule has 0 spiro atoms. The zero-order valence-corrected chi connectivity index (χ0v) is 16.6. The Labute approximate surface area is 167 Å². The maximum absolute atomic E-state index is 12.6. The first-order chi connectivity index (χ1) is 13.7. The van der Waals surface area contributed by atoms with Crippen LogP contribution in [-0.4, -0.2) is 41.6 Å². The average molecular weight is 376 g/mol. The van der Waals surface area contributed by atoms with Crippen molar-refractivity contribution in [3.05, 3.63) is 71.9 Å². The highest BCUT2D eigenvalue weighted by atomic mass is 16.1. The lowest BCUT2D eigenvalue weighted by atomic mass is 9.90. The molecule has 2 heterocycles. The quantitative estimate of drug-likeness (QED) is 0.710. The lowest BCUT2D eigenvalue weighted by molar-refractivity contribution is 0.0936. The molecular formula is C24H29N3O. The number of nitrogens with one attached hydrogen (secondary N) is 1. The van der Waals surface area contributed by atoms with Gasteiger partial charge in [-0.25, -0.2) is 0 Å². The van der Waals surface area contributed by atoms with Gasteiger partial charge in [-0.3, -0.25) is 4.79 Å². The minimum absolute atomic E-state index is 0.0117. The number of nitrogens with zero attached hydrogens (tertiary/aromatic N) is 2. The highest BCUT2D eigenvalue weighted by Crippen LogP contribution is 2.21. The first kappa shape index (κ1) is 18.8.